The lowest BCUT2D eigenvalue weighted by molar-refractivity contribution is 0.187. The Labute approximate surface area is 120 Å². The fourth-order valence-electron chi connectivity index (χ4n) is 2.58. The zero-order valence-electron chi connectivity index (χ0n) is 11.4. The van der Waals surface area contributed by atoms with E-state index >= 15 is 0 Å². The number of alkyl halides is 1. The molecule has 2 rings (SSSR count). The van der Waals surface area contributed by atoms with E-state index in [1.807, 2.05) is 6.07 Å². The molecule has 0 unspecified atom stereocenters. The smallest absolute Gasteiger partial charge is 0.207 e. The van der Waals surface area contributed by atoms with E-state index in [2.05, 4.69) is 13.8 Å². The molecule has 0 spiro atoms. The second-order valence-corrected chi connectivity index (χ2v) is 8.02. The maximum Gasteiger partial charge on any atom is 0.243 e. The molecule has 19 heavy (non-hydrogen) atoms. The number of rotatable bonds is 3. The van der Waals surface area contributed by atoms with Crippen molar-refractivity contribution >= 4 is 21.6 Å². The molecule has 5 heteroatoms. The van der Waals surface area contributed by atoms with Crippen LogP contribution in [-0.4, -0.2) is 25.8 Å². The van der Waals surface area contributed by atoms with E-state index in [0.29, 0.717) is 23.5 Å². The number of hydrogen-bond acceptors (Lipinski definition) is 2. The van der Waals surface area contributed by atoms with Crippen molar-refractivity contribution < 1.29 is 8.42 Å². The first kappa shape index (κ1) is 14.8. The average Bonchev–Trinajstić information content (AvgIpc) is 2.37. The lowest BCUT2D eigenvalue weighted by atomic mass is 9.85. The van der Waals surface area contributed by atoms with Crippen LogP contribution < -0.4 is 0 Å². The summed E-state index contributed by atoms with van der Waals surface area (Å²) >= 11 is 5.85. The maximum absolute atomic E-state index is 12.7. The molecule has 3 nitrogen and oxygen atoms in total. The summed E-state index contributed by atoms with van der Waals surface area (Å²) in [6.07, 6.45) is 1.98. The number of piperidine rings is 1. The Kier molecular flexibility index (Phi) is 4.23. The van der Waals surface area contributed by atoms with Crippen molar-refractivity contribution in [2.24, 2.45) is 5.41 Å². The third kappa shape index (κ3) is 3.12. The van der Waals surface area contributed by atoms with Gasteiger partial charge in [-0.25, -0.2) is 8.42 Å². The zero-order valence-corrected chi connectivity index (χ0v) is 13.0. The molecule has 1 aromatic rings. The minimum Gasteiger partial charge on any atom is -0.207 e. The van der Waals surface area contributed by atoms with Gasteiger partial charge in [0, 0.05) is 19.0 Å². The molecule has 1 heterocycles. The first-order valence-electron chi connectivity index (χ1n) is 6.51. The molecule has 0 atom stereocenters. The van der Waals surface area contributed by atoms with Gasteiger partial charge in [0.2, 0.25) is 10.0 Å². The highest BCUT2D eigenvalue weighted by Crippen LogP contribution is 2.32. The van der Waals surface area contributed by atoms with Gasteiger partial charge >= 0.3 is 0 Å². The molecular weight excluding hydrogens is 282 g/mol. The van der Waals surface area contributed by atoms with Crippen molar-refractivity contribution in [1.82, 2.24) is 4.31 Å². The van der Waals surface area contributed by atoms with E-state index in [4.69, 9.17) is 11.6 Å². The molecule has 0 aliphatic carbocycles. The van der Waals surface area contributed by atoms with Crippen molar-refractivity contribution in [3.05, 3.63) is 29.8 Å². The molecule has 0 bridgehead atoms. The highest BCUT2D eigenvalue weighted by Gasteiger charge is 2.34. The van der Waals surface area contributed by atoms with Gasteiger partial charge in [0.1, 0.15) is 0 Å². The fourth-order valence-corrected chi connectivity index (χ4v) is 4.78. The zero-order chi connectivity index (χ0) is 14.1. The second-order valence-electron chi connectivity index (χ2n) is 5.85. The molecule has 1 aliphatic heterocycles. The molecule has 106 valence electrons. The normalized spacial score (nSPS) is 20.4. The van der Waals surface area contributed by atoms with Crippen LogP contribution in [0.1, 0.15) is 32.3 Å². The SMILES string of the molecule is CC1(C)CCCN(S(=O)(=O)c2ccccc2CCl)C1. The van der Waals surface area contributed by atoms with Crippen molar-refractivity contribution in [3.8, 4) is 0 Å². The molecule has 0 aromatic heterocycles. The summed E-state index contributed by atoms with van der Waals surface area (Å²) in [6, 6.07) is 6.98. The molecule has 1 fully saturated rings. The largest absolute Gasteiger partial charge is 0.243 e. The van der Waals surface area contributed by atoms with Gasteiger partial charge < -0.3 is 0 Å². The van der Waals surface area contributed by atoms with Crippen molar-refractivity contribution in [2.45, 2.75) is 37.5 Å². The van der Waals surface area contributed by atoms with E-state index in [-0.39, 0.29) is 11.3 Å². The van der Waals surface area contributed by atoms with Gasteiger partial charge in [0.05, 0.1) is 4.90 Å². The Morgan fingerprint density at radius 1 is 1.32 bits per heavy atom. The highest BCUT2D eigenvalue weighted by atomic mass is 35.5. The standard InChI is InChI=1S/C14H20ClNO2S/c1-14(2)8-5-9-16(11-14)19(17,18)13-7-4-3-6-12(13)10-15/h3-4,6-7H,5,8-11H2,1-2H3. The fraction of sp³-hybridized carbons (Fsp3) is 0.571. The van der Waals surface area contributed by atoms with Crippen LogP contribution in [0.2, 0.25) is 0 Å². The lowest BCUT2D eigenvalue weighted by Gasteiger charge is -2.37. The average molecular weight is 302 g/mol. The number of hydrogen-bond donors (Lipinski definition) is 0. The van der Waals surface area contributed by atoms with Crippen LogP contribution in [-0.2, 0) is 15.9 Å². The van der Waals surface area contributed by atoms with Crippen LogP contribution in [0.4, 0.5) is 0 Å². The quantitative estimate of drug-likeness (QED) is 0.804. The maximum atomic E-state index is 12.7. The molecule has 0 saturated carbocycles. The lowest BCUT2D eigenvalue weighted by Crippen LogP contribution is -2.43. The van der Waals surface area contributed by atoms with Gasteiger partial charge in [-0.15, -0.1) is 11.6 Å². The van der Waals surface area contributed by atoms with Crippen LogP contribution in [0, 0.1) is 5.41 Å². The topological polar surface area (TPSA) is 37.4 Å². The van der Waals surface area contributed by atoms with Crippen molar-refractivity contribution in [2.75, 3.05) is 13.1 Å². The predicted octanol–water partition coefficient (Wildman–Crippen LogP) is 3.24. The van der Waals surface area contributed by atoms with Gasteiger partial charge in [-0.3, -0.25) is 0 Å². The molecule has 1 aromatic carbocycles. The van der Waals surface area contributed by atoms with E-state index in [1.165, 1.54) is 0 Å². The van der Waals surface area contributed by atoms with E-state index < -0.39 is 10.0 Å². The molecule has 1 saturated heterocycles. The molecule has 1 aliphatic rings. The number of benzene rings is 1. The van der Waals surface area contributed by atoms with Crippen LogP contribution in [0.15, 0.2) is 29.2 Å². The highest BCUT2D eigenvalue weighted by molar-refractivity contribution is 7.89. The first-order valence-corrected chi connectivity index (χ1v) is 8.48. The molecular formula is C14H20ClNO2S. The van der Waals surface area contributed by atoms with Crippen LogP contribution in [0.5, 0.6) is 0 Å². The summed E-state index contributed by atoms with van der Waals surface area (Å²) in [4.78, 5) is 0.350. The number of halogens is 1. The van der Waals surface area contributed by atoms with Gasteiger partial charge in [-0.1, -0.05) is 32.0 Å². The summed E-state index contributed by atoms with van der Waals surface area (Å²) in [7, 11) is -3.43. The summed E-state index contributed by atoms with van der Waals surface area (Å²) in [5, 5.41) is 0. The Morgan fingerprint density at radius 3 is 2.63 bits per heavy atom. The van der Waals surface area contributed by atoms with E-state index in [0.717, 1.165) is 12.8 Å². The predicted molar refractivity (Wildman–Crippen MR) is 77.8 cm³/mol. The Bertz CT molecular complexity index is 554. The van der Waals surface area contributed by atoms with Crippen molar-refractivity contribution in [1.29, 1.82) is 0 Å². The van der Waals surface area contributed by atoms with Gasteiger partial charge in [0.15, 0.2) is 0 Å². The number of sulfonamides is 1. The summed E-state index contributed by atoms with van der Waals surface area (Å²) < 4.78 is 27.0. The third-order valence-corrected chi connectivity index (χ3v) is 5.83. The first-order chi connectivity index (χ1) is 8.87. The van der Waals surface area contributed by atoms with E-state index in [9.17, 15) is 8.42 Å². The van der Waals surface area contributed by atoms with Crippen molar-refractivity contribution in [3.63, 3.8) is 0 Å². The minimum absolute atomic E-state index is 0.0429. The third-order valence-electron chi connectivity index (χ3n) is 3.60. The molecule has 0 amide bonds. The van der Waals surface area contributed by atoms with Crippen LogP contribution in [0.3, 0.4) is 0 Å². The van der Waals surface area contributed by atoms with Gasteiger partial charge in [0.25, 0.3) is 0 Å². The minimum atomic E-state index is -3.43. The Balaban J connectivity index is 2.37. The van der Waals surface area contributed by atoms with Gasteiger partial charge in [-0.2, -0.15) is 4.31 Å². The Hall–Kier alpha value is -0.580. The number of nitrogens with zero attached hydrogens (tertiary/aromatic N) is 1. The summed E-state index contributed by atoms with van der Waals surface area (Å²) in [5.74, 6) is 0.215. The summed E-state index contributed by atoms with van der Waals surface area (Å²) in [5.41, 5.74) is 0.717. The molecule has 0 N–H and O–H groups in total. The van der Waals surface area contributed by atoms with Crippen LogP contribution >= 0.6 is 11.6 Å². The van der Waals surface area contributed by atoms with Crippen LogP contribution in [0.25, 0.3) is 0 Å². The Morgan fingerprint density at radius 2 is 2.00 bits per heavy atom. The van der Waals surface area contributed by atoms with Gasteiger partial charge in [-0.05, 0) is 29.9 Å². The second kappa shape index (κ2) is 5.43. The monoisotopic (exact) mass is 301 g/mol. The molecule has 0 radical (unpaired) electrons. The van der Waals surface area contributed by atoms with E-state index in [1.54, 1.807) is 22.5 Å². The summed E-state index contributed by atoms with van der Waals surface area (Å²) in [6.45, 7) is 5.40.